The molecule has 72 valence electrons. The third-order valence-electron chi connectivity index (χ3n) is 1.20. The van der Waals surface area contributed by atoms with Crippen molar-refractivity contribution >= 4 is 30.1 Å². The largest absolute Gasteiger partial charge is 0.468 e. The van der Waals surface area contributed by atoms with E-state index in [0.717, 1.165) is 5.03 Å². The van der Waals surface area contributed by atoms with E-state index in [2.05, 4.69) is 9.72 Å². The van der Waals surface area contributed by atoms with E-state index in [9.17, 15) is 4.79 Å². The van der Waals surface area contributed by atoms with Crippen LogP contribution in [0.3, 0.4) is 0 Å². The van der Waals surface area contributed by atoms with Crippen LogP contribution in [0.4, 0.5) is 0 Å². The van der Waals surface area contributed by atoms with Gasteiger partial charge in [-0.2, -0.15) is 0 Å². The van der Waals surface area contributed by atoms with Crippen molar-refractivity contribution in [3.05, 3.63) is 24.4 Å². The first kappa shape index (κ1) is 12.3. The highest BCUT2D eigenvalue weighted by molar-refractivity contribution is 7.99. The molecule has 0 N–H and O–H groups in total. The predicted molar refractivity (Wildman–Crippen MR) is 54.2 cm³/mol. The predicted octanol–water partition coefficient (Wildman–Crippen LogP) is 1.77. The number of esters is 1. The van der Waals surface area contributed by atoms with Crippen molar-refractivity contribution in [2.45, 2.75) is 5.03 Å². The molecule has 0 unspecified atom stereocenters. The number of methoxy groups -OCH3 is 1. The lowest BCUT2D eigenvalue weighted by Gasteiger charge is -1.97. The Hall–Kier alpha value is -0.740. The van der Waals surface area contributed by atoms with Gasteiger partial charge < -0.3 is 4.74 Å². The van der Waals surface area contributed by atoms with Gasteiger partial charge >= 0.3 is 5.97 Å². The summed E-state index contributed by atoms with van der Waals surface area (Å²) >= 11 is 1.37. The van der Waals surface area contributed by atoms with Gasteiger partial charge in [0.1, 0.15) is 0 Å². The Kier molecular flexibility index (Phi) is 6.36. The monoisotopic (exact) mass is 219 g/mol. The van der Waals surface area contributed by atoms with Gasteiger partial charge in [0, 0.05) is 6.20 Å². The van der Waals surface area contributed by atoms with Gasteiger partial charge in [-0.1, -0.05) is 17.8 Å². The normalized spacial score (nSPS) is 8.69. The van der Waals surface area contributed by atoms with Crippen molar-refractivity contribution in [2.75, 3.05) is 12.9 Å². The second-order valence-corrected chi connectivity index (χ2v) is 3.03. The van der Waals surface area contributed by atoms with Crippen LogP contribution in [0.1, 0.15) is 0 Å². The highest BCUT2D eigenvalue weighted by Gasteiger charge is 2.01. The molecule has 0 saturated carbocycles. The zero-order valence-corrected chi connectivity index (χ0v) is 8.73. The van der Waals surface area contributed by atoms with Crippen LogP contribution in [0.5, 0.6) is 0 Å². The van der Waals surface area contributed by atoms with Gasteiger partial charge in [0.15, 0.2) is 0 Å². The summed E-state index contributed by atoms with van der Waals surface area (Å²) in [6.45, 7) is 0. The first-order valence-corrected chi connectivity index (χ1v) is 4.42. The number of carbonyl (C=O) groups excluding carboxylic acids is 1. The molecule has 1 heterocycles. The van der Waals surface area contributed by atoms with Crippen LogP contribution in [0.25, 0.3) is 0 Å². The van der Waals surface area contributed by atoms with Crippen molar-refractivity contribution in [1.29, 1.82) is 0 Å². The molecule has 0 bridgehead atoms. The molecular formula is C8H10ClNO2S. The minimum Gasteiger partial charge on any atom is -0.468 e. The van der Waals surface area contributed by atoms with Crippen molar-refractivity contribution in [3.63, 3.8) is 0 Å². The maximum atomic E-state index is 10.7. The number of nitrogens with zero attached hydrogens (tertiary/aromatic N) is 1. The molecular weight excluding hydrogens is 210 g/mol. The van der Waals surface area contributed by atoms with Gasteiger partial charge in [-0.3, -0.25) is 4.79 Å². The van der Waals surface area contributed by atoms with Crippen LogP contribution in [0.2, 0.25) is 0 Å². The summed E-state index contributed by atoms with van der Waals surface area (Å²) in [4.78, 5) is 14.8. The topological polar surface area (TPSA) is 39.2 Å². The Morgan fingerprint density at radius 2 is 2.38 bits per heavy atom. The smallest absolute Gasteiger partial charge is 0.316 e. The Bertz CT molecular complexity index is 256. The second kappa shape index (κ2) is 6.74. The molecule has 13 heavy (non-hydrogen) atoms. The SMILES string of the molecule is COC(=O)CSc1ccccn1.Cl. The lowest BCUT2D eigenvalue weighted by atomic mass is 10.5. The molecule has 3 nitrogen and oxygen atoms in total. The van der Waals surface area contributed by atoms with Crippen LogP contribution < -0.4 is 0 Å². The summed E-state index contributed by atoms with van der Waals surface area (Å²) < 4.78 is 4.48. The maximum absolute atomic E-state index is 10.7. The zero-order valence-electron chi connectivity index (χ0n) is 7.10. The lowest BCUT2D eigenvalue weighted by molar-refractivity contribution is -0.137. The Labute approximate surface area is 87.3 Å². The number of halogens is 1. The minimum absolute atomic E-state index is 0. The zero-order chi connectivity index (χ0) is 8.81. The number of hydrogen-bond acceptors (Lipinski definition) is 4. The average molecular weight is 220 g/mol. The minimum atomic E-state index is -0.231. The maximum Gasteiger partial charge on any atom is 0.316 e. The van der Waals surface area contributed by atoms with Gasteiger partial charge in [0.25, 0.3) is 0 Å². The fourth-order valence-electron chi connectivity index (χ4n) is 0.624. The van der Waals surface area contributed by atoms with E-state index < -0.39 is 0 Å². The first-order chi connectivity index (χ1) is 5.83. The molecule has 0 aliphatic heterocycles. The fourth-order valence-corrected chi connectivity index (χ4v) is 1.32. The molecule has 0 atom stereocenters. The molecule has 1 aromatic heterocycles. The molecule has 1 rings (SSSR count). The Morgan fingerprint density at radius 3 is 2.92 bits per heavy atom. The van der Waals surface area contributed by atoms with Gasteiger partial charge in [0.2, 0.25) is 0 Å². The van der Waals surface area contributed by atoms with E-state index in [1.807, 2.05) is 18.2 Å². The molecule has 5 heteroatoms. The van der Waals surface area contributed by atoms with Gasteiger partial charge in [-0.25, -0.2) is 4.98 Å². The summed E-state index contributed by atoms with van der Waals surface area (Å²) in [5, 5.41) is 0.836. The molecule has 0 aliphatic carbocycles. The number of rotatable bonds is 3. The molecule has 0 amide bonds. The molecule has 0 aromatic carbocycles. The summed E-state index contributed by atoms with van der Waals surface area (Å²) in [6.07, 6.45) is 1.69. The van der Waals surface area contributed by atoms with Crippen LogP contribution in [-0.4, -0.2) is 23.8 Å². The van der Waals surface area contributed by atoms with Crippen LogP contribution >= 0.6 is 24.2 Å². The highest BCUT2D eigenvalue weighted by Crippen LogP contribution is 2.13. The molecule has 0 spiro atoms. The van der Waals surface area contributed by atoms with Crippen molar-refractivity contribution in [1.82, 2.24) is 4.98 Å². The number of carbonyl (C=O) groups is 1. The highest BCUT2D eigenvalue weighted by atomic mass is 35.5. The summed E-state index contributed by atoms with van der Waals surface area (Å²) in [5.41, 5.74) is 0. The summed E-state index contributed by atoms with van der Waals surface area (Å²) in [5.74, 6) is 0.0821. The molecule has 0 aliphatic rings. The summed E-state index contributed by atoms with van der Waals surface area (Å²) in [6, 6.07) is 5.57. The van der Waals surface area contributed by atoms with E-state index in [4.69, 9.17) is 0 Å². The van der Waals surface area contributed by atoms with Crippen LogP contribution in [0.15, 0.2) is 29.4 Å². The quantitative estimate of drug-likeness (QED) is 0.574. The third-order valence-corrected chi connectivity index (χ3v) is 2.12. The van der Waals surface area contributed by atoms with E-state index in [-0.39, 0.29) is 18.4 Å². The number of aromatic nitrogens is 1. The Morgan fingerprint density at radius 1 is 1.62 bits per heavy atom. The standard InChI is InChI=1S/C8H9NO2S.ClH/c1-11-8(10)6-12-7-4-2-3-5-9-7;/h2-5H,6H2,1H3;1H. The van der Waals surface area contributed by atoms with Gasteiger partial charge in [-0.15, -0.1) is 12.4 Å². The molecule has 1 aromatic rings. The number of ether oxygens (including phenoxy) is 1. The van der Waals surface area contributed by atoms with Crippen LogP contribution in [0, 0.1) is 0 Å². The first-order valence-electron chi connectivity index (χ1n) is 3.43. The van der Waals surface area contributed by atoms with E-state index in [1.54, 1.807) is 6.20 Å². The number of thioether (sulfide) groups is 1. The van der Waals surface area contributed by atoms with Crippen molar-refractivity contribution < 1.29 is 9.53 Å². The van der Waals surface area contributed by atoms with E-state index in [0.29, 0.717) is 5.75 Å². The number of pyridine rings is 1. The second-order valence-electron chi connectivity index (χ2n) is 2.03. The third kappa shape index (κ3) is 4.75. The van der Waals surface area contributed by atoms with Gasteiger partial charge in [0.05, 0.1) is 17.9 Å². The number of hydrogen-bond donors (Lipinski definition) is 0. The lowest BCUT2D eigenvalue weighted by Crippen LogP contribution is -2.02. The Balaban J connectivity index is 0.00000144. The molecule has 0 radical (unpaired) electrons. The fraction of sp³-hybridized carbons (Fsp3) is 0.250. The molecule has 0 saturated heterocycles. The van der Waals surface area contributed by atoms with E-state index >= 15 is 0 Å². The van der Waals surface area contributed by atoms with Crippen molar-refractivity contribution in [2.24, 2.45) is 0 Å². The van der Waals surface area contributed by atoms with E-state index in [1.165, 1.54) is 18.9 Å². The van der Waals surface area contributed by atoms with Crippen LogP contribution in [-0.2, 0) is 9.53 Å². The van der Waals surface area contributed by atoms with Gasteiger partial charge in [-0.05, 0) is 12.1 Å². The van der Waals surface area contributed by atoms with Crippen molar-refractivity contribution in [3.8, 4) is 0 Å². The summed E-state index contributed by atoms with van der Waals surface area (Å²) in [7, 11) is 1.38. The molecule has 0 fully saturated rings. The average Bonchev–Trinajstić information content (AvgIpc) is 2.16.